The summed E-state index contributed by atoms with van der Waals surface area (Å²) in [6.07, 6.45) is 3.84. The summed E-state index contributed by atoms with van der Waals surface area (Å²) in [5.41, 5.74) is 2.04. The number of alkyl halides is 1. The summed E-state index contributed by atoms with van der Waals surface area (Å²) >= 11 is 5.89. The van der Waals surface area contributed by atoms with E-state index in [9.17, 15) is 8.78 Å². The van der Waals surface area contributed by atoms with E-state index in [-0.39, 0.29) is 12.1 Å². The van der Waals surface area contributed by atoms with Gasteiger partial charge in [0.25, 0.3) is 0 Å². The molecule has 4 atom stereocenters. The summed E-state index contributed by atoms with van der Waals surface area (Å²) in [5, 5.41) is 15.1. The van der Waals surface area contributed by atoms with Gasteiger partial charge in [0, 0.05) is 67.8 Å². The number of ether oxygens (including phenoxy) is 1. The first-order valence-corrected chi connectivity index (χ1v) is 10.9. The molecule has 6 nitrogen and oxygen atoms in total. The lowest BCUT2D eigenvalue weighted by atomic mass is 10.00. The number of halogens is 3. The van der Waals surface area contributed by atoms with Gasteiger partial charge in [-0.15, -0.1) is 0 Å². The minimum atomic E-state index is -1.11. The van der Waals surface area contributed by atoms with Gasteiger partial charge in [0.1, 0.15) is 23.5 Å². The third-order valence-electron chi connectivity index (χ3n) is 6.31. The first-order chi connectivity index (χ1) is 15.0. The summed E-state index contributed by atoms with van der Waals surface area (Å²) in [6.45, 7) is 1.42. The highest BCUT2D eigenvalue weighted by Gasteiger charge is 2.43. The van der Waals surface area contributed by atoms with Crippen molar-refractivity contribution in [1.82, 2.24) is 15.5 Å². The van der Waals surface area contributed by atoms with Crippen LogP contribution >= 0.6 is 11.6 Å². The van der Waals surface area contributed by atoms with Gasteiger partial charge >= 0.3 is 0 Å². The van der Waals surface area contributed by atoms with Gasteiger partial charge in [-0.1, -0.05) is 17.7 Å². The van der Waals surface area contributed by atoms with E-state index in [1.54, 1.807) is 18.5 Å². The third kappa shape index (κ3) is 4.24. The normalized spacial score (nSPS) is 32.9. The number of allylic oxidation sites excluding steroid dienone is 1. The van der Waals surface area contributed by atoms with Gasteiger partial charge < -0.3 is 20.8 Å². The minimum Gasteiger partial charge on any atom is -0.487 e. The molecule has 1 aromatic carbocycles. The molecule has 3 N–H and O–H groups in total. The predicted molar refractivity (Wildman–Crippen MR) is 116 cm³/mol. The highest BCUT2D eigenvalue weighted by Crippen LogP contribution is 2.34. The zero-order valence-electron chi connectivity index (χ0n) is 16.9. The van der Waals surface area contributed by atoms with Crippen molar-refractivity contribution in [3.05, 3.63) is 52.2 Å². The average Bonchev–Trinajstić information content (AvgIpc) is 3.32. The summed E-state index contributed by atoms with van der Waals surface area (Å²) in [5.74, 6) is 0.579. The molecule has 0 aliphatic carbocycles. The maximum absolute atomic E-state index is 14.8. The van der Waals surface area contributed by atoms with E-state index in [4.69, 9.17) is 21.7 Å². The molecule has 5 rings (SSSR count). The van der Waals surface area contributed by atoms with Crippen LogP contribution in [0.4, 0.5) is 8.78 Å². The molecule has 0 amide bonds. The number of hydrogen-bond acceptors (Lipinski definition) is 6. The first kappa shape index (κ1) is 20.6. The molecule has 2 bridgehead atoms. The summed E-state index contributed by atoms with van der Waals surface area (Å²) < 4.78 is 34.9. The molecule has 3 saturated heterocycles. The number of aliphatic imine (C=N–C) groups is 1. The lowest BCUT2D eigenvalue weighted by molar-refractivity contribution is 0.0446. The van der Waals surface area contributed by atoms with E-state index < -0.39 is 18.1 Å². The molecule has 9 heteroatoms. The monoisotopic (exact) mass is 447 g/mol. The Hall–Kier alpha value is -2.29. The van der Waals surface area contributed by atoms with Gasteiger partial charge in [-0.25, -0.2) is 13.8 Å². The molecule has 4 aliphatic rings. The van der Waals surface area contributed by atoms with Crippen LogP contribution in [0.3, 0.4) is 0 Å². The molecule has 0 spiro atoms. The second kappa shape index (κ2) is 8.33. The fraction of sp³-hybridized carbons (Fsp3) is 0.455. The zero-order valence-corrected chi connectivity index (χ0v) is 17.6. The minimum absolute atomic E-state index is 0.180. The molecule has 4 heterocycles. The molecular formula is C22H24ClF2N5O. The number of nitrogens with one attached hydrogen (secondary N) is 3. The van der Waals surface area contributed by atoms with Gasteiger partial charge in [-0.05, 0) is 18.9 Å². The van der Waals surface area contributed by atoms with Gasteiger partial charge in [0.15, 0.2) is 6.17 Å². The molecule has 3 fully saturated rings. The summed E-state index contributed by atoms with van der Waals surface area (Å²) in [7, 11) is 0. The molecule has 0 saturated carbocycles. The van der Waals surface area contributed by atoms with Crippen molar-refractivity contribution in [1.29, 1.82) is 5.41 Å². The Balaban J connectivity index is 1.32. The van der Waals surface area contributed by atoms with Crippen LogP contribution in [0.15, 0.2) is 45.8 Å². The van der Waals surface area contributed by atoms with Crippen LogP contribution in [0, 0.1) is 11.2 Å². The topological polar surface area (TPSA) is 72.7 Å². The van der Waals surface area contributed by atoms with Crippen molar-refractivity contribution in [3.63, 3.8) is 0 Å². The standard InChI is InChI=1S/C22H24ClF2N5O/c23-13-7-27-22(28-8-13)16-10-30(11-17(16)26)9-12-1-2-14(24)5-19(12)31-20-6-15-3-4-18(29-15)21(20)25/h1-2,5,7-8,15,18,20-21,26-27,29H,3-4,6,9-11H2/b22-16+,26-17?/t15-,18+,20?,21?/m0/s1. The lowest BCUT2D eigenvalue weighted by Crippen LogP contribution is -2.51. The number of likely N-dealkylation sites (tertiary alicyclic amines) is 1. The van der Waals surface area contributed by atoms with Crippen LogP contribution in [-0.4, -0.2) is 54.3 Å². The Labute approximate surface area is 184 Å². The second-order valence-electron chi connectivity index (χ2n) is 8.52. The zero-order chi connectivity index (χ0) is 21.5. The molecule has 2 unspecified atom stereocenters. The largest absolute Gasteiger partial charge is 0.487 e. The van der Waals surface area contributed by atoms with E-state index in [0.717, 1.165) is 24.0 Å². The Bertz CT molecular complexity index is 994. The van der Waals surface area contributed by atoms with E-state index in [0.29, 0.717) is 48.4 Å². The first-order valence-electron chi connectivity index (χ1n) is 10.5. The van der Waals surface area contributed by atoms with E-state index in [1.807, 2.05) is 0 Å². The van der Waals surface area contributed by atoms with Crippen molar-refractivity contribution in [2.75, 3.05) is 13.1 Å². The summed E-state index contributed by atoms with van der Waals surface area (Å²) in [6, 6.07) is 4.49. The lowest BCUT2D eigenvalue weighted by Gasteiger charge is -2.33. The second-order valence-corrected chi connectivity index (χ2v) is 8.95. The van der Waals surface area contributed by atoms with E-state index in [1.165, 1.54) is 12.1 Å². The average molecular weight is 448 g/mol. The third-order valence-corrected chi connectivity index (χ3v) is 6.52. The SMILES string of the molecule is N=C1CN(Cc2ccc(F)cc2OC2C[C@@H]3CC[C@@H](N3)C2F)C/C1=C1\N=CC(Cl)=CN1. The maximum atomic E-state index is 14.8. The molecule has 164 valence electrons. The van der Waals surface area contributed by atoms with Crippen LogP contribution in [-0.2, 0) is 6.54 Å². The van der Waals surface area contributed by atoms with Crippen LogP contribution < -0.4 is 15.4 Å². The Kier molecular flexibility index (Phi) is 5.54. The molecule has 4 aliphatic heterocycles. The van der Waals surface area contributed by atoms with Crippen molar-refractivity contribution in [2.24, 2.45) is 4.99 Å². The molecular weight excluding hydrogens is 424 g/mol. The number of benzene rings is 1. The van der Waals surface area contributed by atoms with Gasteiger partial charge in [-0.3, -0.25) is 4.90 Å². The number of hydrogen-bond donors (Lipinski definition) is 3. The highest BCUT2D eigenvalue weighted by atomic mass is 35.5. The molecule has 1 aromatic rings. The van der Waals surface area contributed by atoms with Crippen LogP contribution in [0.2, 0.25) is 0 Å². The van der Waals surface area contributed by atoms with Crippen LogP contribution in [0.25, 0.3) is 0 Å². The smallest absolute Gasteiger partial charge is 0.152 e. The highest BCUT2D eigenvalue weighted by molar-refractivity contribution is 6.39. The van der Waals surface area contributed by atoms with Crippen molar-refractivity contribution in [2.45, 2.75) is 50.2 Å². The van der Waals surface area contributed by atoms with Crippen molar-refractivity contribution in [3.8, 4) is 5.75 Å². The van der Waals surface area contributed by atoms with Gasteiger partial charge in [0.2, 0.25) is 0 Å². The van der Waals surface area contributed by atoms with E-state index >= 15 is 0 Å². The predicted octanol–water partition coefficient (Wildman–Crippen LogP) is 3.24. The van der Waals surface area contributed by atoms with Crippen molar-refractivity contribution >= 4 is 23.5 Å². The number of piperidine rings is 1. The Morgan fingerprint density at radius 2 is 2.16 bits per heavy atom. The van der Waals surface area contributed by atoms with Crippen molar-refractivity contribution < 1.29 is 13.5 Å². The van der Waals surface area contributed by atoms with E-state index in [2.05, 4.69) is 20.5 Å². The Morgan fingerprint density at radius 1 is 1.29 bits per heavy atom. The number of nitrogens with zero attached hydrogens (tertiary/aromatic N) is 2. The number of rotatable bonds is 4. The quantitative estimate of drug-likeness (QED) is 0.662. The fourth-order valence-corrected chi connectivity index (χ4v) is 4.87. The summed E-state index contributed by atoms with van der Waals surface area (Å²) in [4.78, 5) is 6.33. The van der Waals surface area contributed by atoms with Crippen LogP contribution in [0.1, 0.15) is 24.8 Å². The van der Waals surface area contributed by atoms with Gasteiger partial charge in [-0.2, -0.15) is 0 Å². The Morgan fingerprint density at radius 3 is 2.97 bits per heavy atom. The molecule has 31 heavy (non-hydrogen) atoms. The fourth-order valence-electron chi connectivity index (χ4n) is 4.77. The van der Waals surface area contributed by atoms with Gasteiger partial charge in [0.05, 0.1) is 10.7 Å². The number of fused-ring (bicyclic) bond motifs is 2. The van der Waals surface area contributed by atoms with Crippen LogP contribution in [0.5, 0.6) is 5.75 Å². The molecule has 0 aromatic heterocycles. The molecule has 0 radical (unpaired) electrons. The maximum Gasteiger partial charge on any atom is 0.152 e.